The number of benzene rings is 3. The van der Waals surface area contributed by atoms with Crippen LogP contribution in [-0.2, 0) is 16.4 Å². The highest BCUT2D eigenvalue weighted by atomic mass is 32.2. The molecule has 0 amide bonds. The molecule has 0 heterocycles. The Hall–Kier alpha value is -3.37. The highest BCUT2D eigenvalue weighted by Crippen LogP contribution is 2.34. The summed E-state index contributed by atoms with van der Waals surface area (Å²) in [5.74, 6) is -0.0489. The highest BCUT2D eigenvalue weighted by Gasteiger charge is 2.26. The molecule has 29 heavy (non-hydrogen) atoms. The summed E-state index contributed by atoms with van der Waals surface area (Å²) in [7, 11) is -2.66. The van der Waals surface area contributed by atoms with E-state index in [0.29, 0.717) is 12.4 Å². The second kappa shape index (κ2) is 8.33. The number of methoxy groups -OCH3 is 1. The summed E-state index contributed by atoms with van der Waals surface area (Å²) in [4.78, 5) is -0.297. The van der Waals surface area contributed by atoms with E-state index < -0.39 is 15.7 Å². The molecule has 0 aliphatic rings. The summed E-state index contributed by atoms with van der Waals surface area (Å²) < 4.78 is 50.9. The first-order valence-corrected chi connectivity index (χ1v) is 10.1. The van der Waals surface area contributed by atoms with Crippen molar-refractivity contribution in [3.8, 4) is 17.6 Å². The summed E-state index contributed by atoms with van der Waals surface area (Å²) in [5.41, 5.74) is 0.864. The lowest BCUT2D eigenvalue weighted by Gasteiger charge is -2.14. The van der Waals surface area contributed by atoms with Crippen LogP contribution in [0.25, 0.3) is 0 Å². The van der Waals surface area contributed by atoms with E-state index >= 15 is 0 Å². The summed E-state index contributed by atoms with van der Waals surface area (Å²) in [6.45, 7) is 1.74. The maximum Gasteiger partial charge on any atom is 0.208 e. The number of nitriles is 1. The van der Waals surface area contributed by atoms with Gasteiger partial charge in [0.15, 0.2) is 11.5 Å². The van der Waals surface area contributed by atoms with Crippen molar-refractivity contribution in [2.75, 3.05) is 7.11 Å². The molecule has 0 radical (unpaired) electrons. The second-order valence-electron chi connectivity index (χ2n) is 6.30. The molecule has 0 aliphatic carbocycles. The molecule has 0 saturated carbocycles. The zero-order valence-corrected chi connectivity index (χ0v) is 16.7. The number of aryl methyl sites for hydroxylation is 1. The molecule has 0 atom stereocenters. The standard InChI is InChI=1S/C22H18FNO4S/c1-15-10-18(23)11-17(13-24)22(15)29(25,26)19-8-9-20(21(12-19)27-2)28-14-16-6-4-3-5-7-16/h3-12H,14H2,1-2H3. The van der Waals surface area contributed by atoms with Gasteiger partial charge < -0.3 is 9.47 Å². The first kappa shape index (κ1) is 20.4. The van der Waals surface area contributed by atoms with Crippen LogP contribution in [0.4, 0.5) is 4.39 Å². The average Bonchev–Trinajstić information content (AvgIpc) is 2.71. The number of hydrogen-bond donors (Lipinski definition) is 0. The topological polar surface area (TPSA) is 76.4 Å². The average molecular weight is 411 g/mol. The van der Waals surface area contributed by atoms with Gasteiger partial charge in [-0.25, -0.2) is 12.8 Å². The fourth-order valence-corrected chi connectivity index (χ4v) is 4.58. The molecule has 148 valence electrons. The number of hydrogen-bond acceptors (Lipinski definition) is 5. The van der Waals surface area contributed by atoms with Crippen LogP contribution < -0.4 is 9.47 Å². The van der Waals surface area contributed by atoms with Gasteiger partial charge in [0, 0.05) is 6.07 Å². The molecule has 0 unspecified atom stereocenters. The molecule has 0 aromatic heterocycles. The van der Waals surface area contributed by atoms with Crippen LogP contribution >= 0.6 is 0 Å². The minimum Gasteiger partial charge on any atom is -0.493 e. The lowest BCUT2D eigenvalue weighted by molar-refractivity contribution is 0.284. The van der Waals surface area contributed by atoms with E-state index in [2.05, 4.69) is 0 Å². The maximum atomic E-state index is 13.6. The Balaban J connectivity index is 1.99. The van der Waals surface area contributed by atoms with Gasteiger partial charge in [0.05, 0.1) is 22.5 Å². The van der Waals surface area contributed by atoms with Crippen LogP contribution in [0.2, 0.25) is 0 Å². The van der Waals surface area contributed by atoms with Crippen molar-refractivity contribution in [3.63, 3.8) is 0 Å². The Morgan fingerprint density at radius 1 is 1.03 bits per heavy atom. The van der Waals surface area contributed by atoms with Crippen LogP contribution in [0.15, 0.2) is 70.5 Å². The van der Waals surface area contributed by atoms with Crippen LogP contribution in [0.3, 0.4) is 0 Å². The normalized spacial score (nSPS) is 11.0. The van der Waals surface area contributed by atoms with E-state index in [4.69, 9.17) is 9.47 Å². The fraction of sp³-hybridized carbons (Fsp3) is 0.136. The third kappa shape index (κ3) is 4.23. The predicted octanol–water partition coefficient (Wildman–Crippen LogP) is 4.43. The Bertz CT molecular complexity index is 1190. The van der Waals surface area contributed by atoms with Gasteiger partial charge in [-0.15, -0.1) is 0 Å². The number of rotatable bonds is 6. The number of halogens is 1. The monoisotopic (exact) mass is 411 g/mol. The molecular formula is C22H18FNO4S. The van der Waals surface area contributed by atoms with E-state index in [9.17, 15) is 18.1 Å². The van der Waals surface area contributed by atoms with Gasteiger partial charge in [0.25, 0.3) is 0 Å². The first-order chi connectivity index (χ1) is 13.9. The molecule has 0 N–H and O–H groups in total. The maximum absolute atomic E-state index is 13.6. The smallest absolute Gasteiger partial charge is 0.208 e. The summed E-state index contributed by atoms with van der Waals surface area (Å²) >= 11 is 0. The Kier molecular flexibility index (Phi) is 5.85. The highest BCUT2D eigenvalue weighted by molar-refractivity contribution is 7.91. The number of sulfone groups is 1. The molecule has 3 rings (SSSR count). The number of ether oxygens (including phenoxy) is 2. The predicted molar refractivity (Wildman–Crippen MR) is 105 cm³/mol. The molecule has 3 aromatic carbocycles. The van der Waals surface area contributed by atoms with Crippen molar-refractivity contribution >= 4 is 9.84 Å². The van der Waals surface area contributed by atoms with E-state index in [0.717, 1.165) is 17.7 Å². The molecule has 3 aromatic rings. The van der Waals surface area contributed by atoms with Gasteiger partial charge in [-0.2, -0.15) is 5.26 Å². The molecule has 5 nitrogen and oxygen atoms in total. The lowest BCUT2D eigenvalue weighted by atomic mass is 10.1. The van der Waals surface area contributed by atoms with Gasteiger partial charge in [-0.3, -0.25) is 0 Å². The molecule has 0 bridgehead atoms. The van der Waals surface area contributed by atoms with E-state index in [-0.39, 0.29) is 26.7 Å². The second-order valence-corrected chi connectivity index (χ2v) is 8.19. The van der Waals surface area contributed by atoms with Crippen molar-refractivity contribution in [3.05, 3.63) is 83.2 Å². The molecule has 7 heteroatoms. The lowest BCUT2D eigenvalue weighted by Crippen LogP contribution is -2.08. The van der Waals surface area contributed by atoms with Crippen molar-refractivity contribution in [2.24, 2.45) is 0 Å². The van der Waals surface area contributed by atoms with E-state index in [1.807, 2.05) is 30.3 Å². The van der Waals surface area contributed by atoms with Crippen LogP contribution in [0.5, 0.6) is 11.5 Å². The van der Waals surface area contributed by atoms with E-state index in [1.54, 1.807) is 6.07 Å². The third-order valence-electron chi connectivity index (χ3n) is 4.31. The van der Waals surface area contributed by atoms with Crippen LogP contribution in [0, 0.1) is 24.1 Å². The largest absolute Gasteiger partial charge is 0.493 e. The minimum absolute atomic E-state index is 0.0763. The van der Waals surface area contributed by atoms with Crippen LogP contribution in [0.1, 0.15) is 16.7 Å². The zero-order valence-electron chi connectivity index (χ0n) is 15.8. The molecule has 0 fully saturated rings. The summed E-state index contributed by atoms with van der Waals surface area (Å²) in [6, 6.07) is 17.5. The zero-order chi connectivity index (χ0) is 21.0. The van der Waals surface area contributed by atoms with Gasteiger partial charge in [-0.1, -0.05) is 30.3 Å². The van der Waals surface area contributed by atoms with Crippen molar-refractivity contribution in [1.29, 1.82) is 5.26 Å². The van der Waals surface area contributed by atoms with Crippen LogP contribution in [-0.4, -0.2) is 15.5 Å². The van der Waals surface area contributed by atoms with Crippen molar-refractivity contribution in [1.82, 2.24) is 0 Å². The Morgan fingerprint density at radius 3 is 2.41 bits per heavy atom. The summed E-state index contributed by atoms with van der Waals surface area (Å²) in [6.07, 6.45) is 0. The van der Waals surface area contributed by atoms with Gasteiger partial charge in [0.2, 0.25) is 9.84 Å². The molecule has 0 saturated heterocycles. The quantitative estimate of drug-likeness (QED) is 0.561. The number of nitrogens with zero attached hydrogens (tertiary/aromatic N) is 1. The molecule has 0 spiro atoms. The summed E-state index contributed by atoms with van der Waals surface area (Å²) in [5, 5.41) is 9.27. The Morgan fingerprint density at radius 2 is 1.76 bits per heavy atom. The third-order valence-corrected chi connectivity index (χ3v) is 6.27. The molecular weight excluding hydrogens is 393 g/mol. The van der Waals surface area contributed by atoms with E-state index in [1.165, 1.54) is 32.2 Å². The fourth-order valence-electron chi connectivity index (χ4n) is 2.96. The van der Waals surface area contributed by atoms with Gasteiger partial charge >= 0.3 is 0 Å². The Labute approximate surface area is 168 Å². The minimum atomic E-state index is -4.07. The van der Waals surface area contributed by atoms with Crippen molar-refractivity contribution in [2.45, 2.75) is 23.3 Å². The SMILES string of the molecule is COc1cc(S(=O)(=O)c2c(C)cc(F)cc2C#N)ccc1OCc1ccccc1. The first-order valence-electron chi connectivity index (χ1n) is 8.67. The van der Waals surface area contributed by atoms with Gasteiger partial charge in [0.1, 0.15) is 18.5 Å². The van der Waals surface area contributed by atoms with Gasteiger partial charge in [-0.05, 0) is 42.3 Å². The molecule has 0 aliphatic heterocycles. The van der Waals surface area contributed by atoms with Crippen molar-refractivity contribution < 1.29 is 22.3 Å².